The molecule has 0 unspecified atom stereocenters. The second-order valence-corrected chi connectivity index (χ2v) is 5.20. The first-order valence-corrected chi connectivity index (χ1v) is 7.05. The molecule has 6 nitrogen and oxygen atoms in total. The van der Waals surface area contributed by atoms with Gasteiger partial charge in [0.05, 0.1) is 6.54 Å². The van der Waals surface area contributed by atoms with Gasteiger partial charge in [-0.15, -0.1) is 0 Å². The Morgan fingerprint density at radius 2 is 1.95 bits per heavy atom. The summed E-state index contributed by atoms with van der Waals surface area (Å²) in [5.41, 5.74) is 0. The van der Waals surface area contributed by atoms with Crippen molar-refractivity contribution in [2.24, 2.45) is 0 Å². The highest BCUT2D eigenvalue weighted by Gasteiger charge is 2.18. The maximum Gasteiger partial charge on any atom is 0.321 e. The van der Waals surface area contributed by atoms with E-state index >= 15 is 0 Å². The number of carbonyl (C=O) groups excluding carboxylic acids is 2. The number of nitrogens with zero attached hydrogens (tertiary/aromatic N) is 1. The summed E-state index contributed by atoms with van der Waals surface area (Å²) in [6.45, 7) is 2.01. The Labute approximate surface area is 115 Å². The van der Waals surface area contributed by atoms with Crippen molar-refractivity contribution >= 4 is 11.9 Å². The van der Waals surface area contributed by atoms with Crippen molar-refractivity contribution in [3.05, 3.63) is 0 Å². The Kier molecular flexibility index (Phi) is 7.43. The van der Waals surface area contributed by atoms with Gasteiger partial charge in [-0.2, -0.15) is 0 Å². The van der Waals surface area contributed by atoms with Crippen molar-refractivity contribution in [1.82, 2.24) is 20.9 Å². The fourth-order valence-electron chi connectivity index (χ4n) is 2.31. The number of urea groups is 1. The lowest BCUT2D eigenvalue weighted by Gasteiger charge is -2.17. The average Bonchev–Trinajstić information content (AvgIpc) is 2.81. The first-order valence-electron chi connectivity index (χ1n) is 7.05. The van der Waals surface area contributed by atoms with Crippen LogP contribution in [-0.2, 0) is 4.79 Å². The Bertz CT molecular complexity index is 290. The predicted octanol–water partition coefficient (Wildman–Crippen LogP) is 0.296. The van der Waals surface area contributed by atoms with Crippen LogP contribution in [0.15, 0.2) is 0 Å². The van der Waals surface area contributed by atoms with Gasteiger partial charge in [0.15, 0.2) is 0 Å². The van der Waals surface area contributed by atoms with E-state index in [1.54, 1.807) is 0 Å². The third-order valence-electron chi connectivity index (χ3n) is 3.32. The van der Waals surface area contributed by atoms with E-state index < -0.39 is 0 Å². The smallest absolute Gasteiger partial charge is 0.321 e. The van der Waals surface area contributed by atoms with Crippen LogP contribution in [0.1, 0.15) is 32.1 Å². The molecule has 3 N–H and O–H groups in total. The zero-order valence-electron chi connectivity index (χ0n) is 12.0. The van der Waals surface area contributed by atoms with Gasteiger partial charge in [-0.1, -0.05) is 12.8 Å². The van der Waals surface area contributed by atoms with Gasteiger partial charge in [-0.3, -0.25) is 15.0 Å². The number of likely N-dealkylation sites (N-methyl/N-ethyl adjacent to an activating group) is 1. The molecular formula is C13H26N4O2. The van der Waals surface area contributed by atoms with Crippen LogP contribution in [0.5, 0.6) is 0 Å². The van der Waals surface area contributed by atoms with Crippen LogP contribution in [0.4, 0.5) is 4.79 Å². The summed E-state index contributed by atoms with van der Waals surface area (Å²) in [6, 6.07) is -0.123. The van der Waals surface area contributed by atoms with Gasteiger partial charge in [0.25, 0.3) is 0 Å². The van der Waals surface area contributed by atoms with Gasteiger partial charge in [0.1, 0.15) is 0 Å². The maximum atomic E-state index is 11.6. The monoisotopic (exact) mass is 270 g/mol. The van der Waals surface area contributed by atoms with E-state index in [-0.39, 0.29) is 24.5 Å². The average molecular weight is 270 g/mol. The molecule has 0 saturated heterocycles. The third-order valence-corrected chi connectivity index (χ3v) is 3.32. The molecule has 0 atom stereocenters. The molecule has 1 rings (SSSR count). The zero-order chi connectivity index (χ0) is 14.1. The second-order valence-electron chi connectivity index (χ2n) is 5.20. The van der Waals surface area contributed by atoms with Crippen molar-refractivity contribution < 1.29 is 9.59 Å². The summed E-state index contributed by atoms with van der Waals surface area (Å²) in [7, 11) is 3.78. The molecule has 1 fully saturated rings. The van der Waals surface area contributed by atoms with E-state index in [9.17, 15) is 9.59 Å². The van der Waals surface area contributed by atoms with Gasteiger partial charge < -0.3 is 10.6 Å². The minimum atomic E-state index is -0.361. The van der Waals surface area contributed by atoms with E-state index in [2.05, 4.69) is 16.0 Å². The molecule has 1 aliphatic carbocycles. The molecule has 19 heavy (non-hydrogen) atoms. The lowest BCUT2D eigenvalue weighted by Crippen LogP contribution is -2.46. The molecule has 0 aromatic heterocycles. The molecule has 0 aromatic rings. The minimum absolute atomic E-state index is 0.237. The normalized spacial score (nSPS) is 15.7. The number of imide groups is 1. The van der Waals surface area contributed by atoms with Crippen LogP contribution in [0, 0.1) is 0 Å². The Morgan fingerprint density at radius 3 is 2.58 bits per heavy atom. The van der Waals surface area contributed by atoms with E-state index in [0.29, 0.717) is 0 Å². The molecule has 1 aliphatic rings. The molecule has 0 aliphatic heterocycles. The van der Waals surface area contributed by atoms with Crippen LogP contribution < -0.4 is 16.0 Å². The predicted molar refractivity (Wildman–Crippen MR) is 75.0 cm³/mol. The lowest BCUT2D eigenvalue weighted by molar-refractivity contribution is -0.120. The fourth-order valence-corrected chi connectivity index (χ4v) is 2.31. The summed E-state index contributed by atoms with van der Waals surface area (Å²) in [5, 5.41) is 8.28. The highest BCUT2D eigenvalue weighted by atomic mass is 16.2. The van der Waals surface area contributed by atoms with Crippen molar-refractivity contribution in [1.29, 1.82) is 0 Å². The minimum Gasteiger partial charge on any atom is -0.335 e. The summed E-state index contributed by atoms with van der Waals surface area (Å²) in [6.07, 6.45) is 5.34. The molecule has 0 spiro atoms. The van der Waals surface area contributed by atoms with Crippen LogP contribution in [0.3, 0.4) is 0 Å². The molecule has 110 valence electrons. The van der Waals surface area contributed by atoms with Gasteiger partial charge in [0, 0.05) is 6.04 Å². The molecular weight excluding hydrogens is 244 g/mol. The standard InChI is InChI=1S/C13H26N4O2/c1-14-8-5-9-17(2)10-12(18)16-13(19)15-11-6-3-4-7-11/h11,14H,3-10H2,1-2H3,(H2,15,16,18,19). The van der Waals surface area contributed by atoms with E-state index in [4.69, 9.17) is 0 Å². The molecule has 0 radical (unpaired) electrons. The van der Waals surface area contributed by atoms with Gasteiger partial charge in [-0.25, -0.2) is 4.79 Å². The van der Waals surface area contributed by atoms with Crippen LogP contribution in [0.2, 0.25) is 0 Å². The van der Waals surface area contributed by atoms with Crippen LogP contribution >= 0.6 is 0 Å². The molecule has 0 bridgehead atoms. The van der Waals surface area contributed by atoms with Gasteiger partial charge >= 0.3 is 6.03 Å². The molecule has 0 heterocycles. The number of carbonyl (C=O) groups is 2. The summed E-state index contributed by atoms with van der Waals surface area (Å²) >= 11 is 0. The highest BCUT2D eigenvalue weighted by Crippen LogP contribution is 2.17. The van der Waals surface area contributed by atoms with Gasteiger partial charge in [-0.05, 0) is 46.4 Å². The molecule has 0 aromatic carbocycles. The Morgan fingerprint density at radius 1 is 1.26 bits per heavy atom. The second kappa shape index (κ2) is 8.87. The summed E-state index contributed by atoms with van der Waals surface area (Å²) in [5.74, 6) is -0.248. The van der Waals surface area contributed by atoms with Crippen molar-refractivity contribution in [3.8, 4) is 0 Å². The number of rotatable bonds is 7. The van der Waals surface area contributed by atoms with E-state index in [0.717, 1.165) is 45.2 Å². The fraction of sp³-hybridized carbons (Fsp3) is 0.846. The summed E-state index contributed by atoms with van der Waals surface area (Å²) in [4.78, 5) is 25.1. The first kappa shape index (κ1) is 15.9. The topological polar surface area (TPSA) is 73.5 Å². The van der Waals surface area contributed by atoms with Crippen molar-refractivity contribution in [3.63, 3.8) is 0 Å². The lowest BCUT2D eigenvalue weighted by atomic mass is 10.2. The molecule has 3 amide bonds. The zero-order valence-corrected chi connectivity index (χ0v) is 12.0. The Hall–Kier alpha value is -1.14. The van der Waals surface area contributed by atoms with Crippen molar-refractivity contribution in [2.75, 3.05) is 33.7 Å². The summed E-state index contributed by atoms with van der Waals surface area (Å²) < 4.78 is 0. The van der Waals surface area contributed by atoms with Crippen LogP contribution in [-0.4, -0.2) is 56.6 Å². The quantitative estimate of drug-likeness (QED) is 0.582. The number of hydrogen-bond donors (Lipinski definition) is 3. The van der Waals surface area contributed by atoms with E-state index in [1.165, 1.54) is 0 Å². The first-order chi connectivity index (χ1) is 9.11. The molecule has 1 saturated carbocycles. The number of hydrogen-bond acceptors (Lipinski definition) is 4. The van der Waals surface area contributed by atoms with E-state index in [1.807, 2.05) is 19.0 Å². The largest absolute Gasteiger partial charge is 0.335 e. The number of amides is 3. The van der Waals surface area contributed by atoms with Crippen molar-refractivity contribution in [2.45, 2.75) is 38.1 Å². The SMILES string of the molecule is CNCCCN(C)CC(=O)NC(=O)NC1CCCC1. The number of nitrogens with one attached hydrogen (secondary N) is 3. The van der Waals surface area contributed by atoms with Crippen LogP contribution in [0.25, 0.3) is 0 Å². The van der Waals surface area contributed by atoms with Gasteiger partial charge in [0.2, 0.25) is 5.91 Å². The highest BCUT2D eigenvalue weighted by molar-refractivity contribution is 5.95. The maximum absolute atomic E-state index is 11.6. The molecule has 6 heteroatoms. The third kappa shape index (κ3) is 7.12. The Balaban J connectivity index is 2.13.